The van der Waals surface area contributed by atoms with Gasteiger partial charge in [-0.25, -0.2) is 14.4 Å². The average molecular weight is 404 g/mol. The molecule has 0 aromatic rings. The van der Waals surface area contributed by atoms with Gasteiger partial charge in [0.1, 0.15) is 0 Å². The van der Waals surface area contributed by atoms with E-state index in [1.165, 1.54) is 0 Å². The molecule has 20 heteroatoms. The number of nitrogens with one attached hydrogen (secondary N) is 3. The Morgan fingerprint density at radius 2 is 0.731 bits per heavy atom. The van der Waals surface area contributed by atoms with Crippen LogP contribution in [0.15, 0.2) is 0 Å². The van der Waals surface area contributed by atoms with E-state index in [2.05, 4.69) is 17.2 Å². The lowest BCUT2D eigenvalue weighted by Gasteiger charge is -2.36. The number of rotatable bonds is 0. The van der Waals surface area contributed by atoms with Gasteiger partial charge in [-0.3, -0.25) is 33.4 Å². The Bertz CT molecular complexity index is 452. The summed E-state index contributed by atoms with van der Waals surface area (Å²) in [6.07, 6.45) is 0. The molecular weight excluding hydrogens is 383 g/mol. The van der Waals surface area contributed by atoms with Gasteiger partial charge in [-0.1, -0.05) is 0 Å². The molecule has 0 aliphatic carbocycles. The summed E-state index contributed by atoms with van der Waals surface area (Å²) in [4.78, 5) is 54.9. The Morgan fingerprint density at radius 3 is 0.731 bits per heavy atom. The minimum atomic E-state index is -5.39. The second kappa shape index (κ2) is 16.2. The first-order chi connectivity index (χ1) is 11.4. The summed E-state index contributed by atoms with van der Waals surface area (Å²) < 4.78 is 8.55. The number of guanidine groups is 3. The van der Waals surface area contributed by atoms with Crippen LogP contribution in [0.25, 0.3) is 0 Å². The van der Waals surface area contributed by atoms with Gasteiger partial charge in [-0.05, 0) is 0 Å². The van der Waals surface area contributed by atoms with Crippen molar-refractivity contribution in [3.05, 3.63) is 0 Å². The van der Waals surface area contributed by atoms with Gasteiger partial charge >= 0.3 is 36.0 Å². The third-order valence-electron chi connectivity index (χ3n) is 0.803. The molecule has 0 fully saturated rings. The number of amides is 6. The molecule has 0 aromatic carbocycles. The molecule has 0 aliphatic rings. The van der Waals surface area contributed by atoms with E-state index in [0.717, 1.165) is 0 Å². The van der Waals surface area contributed by atoms with E-state index in [0.29, 0.717) is 0 Å². The van der Waals surface area contributed by atoms with Crippen LogP contribution in [-0.4, -0.2) is 36.0 Å². The first-order valence-electron chi connectivity index (χ1n) is 5.44. The summed E-state index contributed by atoms with van der Waals surface area (Å²) in [7, 11) is -5.39. The zero-order chi connectivity index (χ0) is 22.1. The normalized spacial score (nSPS) is 8.27. The molecule has 0 radical (unpaired) electrons. The van der Waals surface area contributed by atoms with Gasteiger partial charge in [0.15, 0.2) is 0 Å². The fourth-order valence-electron chi connectivity index (χ4n) is 0.427. The topological polar surface area (TPSA) is 406 Å². The maximum absolute atomic E-state index is 9.74. The van der Waals surface area contributed by atoms with E-state index >= 15 is 0 Å². The fourth-order valence-corrected chi connectivity index (χ4v) is 0.427. The predicted octanol–water partition coefficient (Wildman–Crippen LogP) is -12.6. The van der Waals surface area contributed by atoms with Crippen LogP contribution >= 0.6 is 7.82 Å². The third kappa shape index (κ3) is 109. The molecule has 19 nitrogen and oxygen atoms in total. The number of urea groups is 3. The SMILES string of the molecule is NC(=[NH2+])NC(N)=O.NC(=[NH2+])NC(N)=O.NC(=[NH2+])NC(N)=O.O=P([O-])([O-])[O-]. The molecule has 0 saturated carbocycles. The quantitative estimate of drug-likeness (QED) is 0.103. The number of hydrogen-bond acceptors (Lipinski definition) is 7. The summed E-state index contributed by atoms with van der Waals surface area (Å²) >= 11 is 0. The Morgan fingerprint density at radius 1 is 0.615 bits per heavy atom. The van der Waals surface area contributed by atoms with Gasteiger partial charge in [0.05, 0.1) is 0 Å². The predicted molar refractivity (Wildman–Crippen MR) is 79.1 cm³/mol. The van der Waals surface area contributed by atoms with Gasteiger partial charge < -0.3 is 36.4 Å². The van der Waals surface area contributed by atoms with Crippen molar-refractivity contribution in [1.29, 1.82) is 0 Å². The van der Waals surface area contributed by atoms with Crippen LogP contribution in [0.1, 0.15) is 0 Å². The highest BCUT2D eigenvalue weighted by Gasteiger charge is 1.97. The second-order valence-electron chi connectivity index (χ2n) is 3.28. The summed E-state index contributed by atoms with van der Waals surface area (Å²) in [5.41, 5.74) is 28.0. The highest BCUT2D eigenvalue weighted by atomic mass is 31.2. The number of primary amides is 3. The van der Waals surface area contributed by atoms with Crippen molar-refractivity contribution in [2.75, 3.05) is 0 Å². The number of nitrogens with two attached hydrogens (primary N) is 9. The number of carbonyl (C=O) groups excluding carboxylic acids is 3. The Hall–Kier alpha value is -3.67. The van der Waals surface area contributed by atoms with Crippen molar-refractivity contribution in [3.63, 3.8) is 0 Å². The maximum atomic E-state index is 9.74. The molecule has 21 N–H and O–H groups in total. The molecule has 26 heavy (non-hydrogen) atoms. The molecule has 0 heterocycles. The standard InChI is InChI=1S/3C2H6N4O.H3O4P/c3*3-1(4)6-2(5)7;1-5(2,3)4/h3*(H6,3,4,5,6,7);(H3,1,2,3,4). The molecule has 152 valence electrons. The molecule has 6 amide bonds. The Labute approximate surface area is 145 Å². The lowest BCUT2D eigenvalue weighted by molar-refractivity contribution is -0.432. The number of hydrogen-bond donors (Lipinski definition) is 12. The zero-order valence-electron chi connectivity index (χ0n) is 13.0. The van der Waals surface area contributed by atoms with Gasteiger partial charge in [-0.15, -0.1) is 0 Å². The minimum Gasteiger partial charge on any atom is -0.822 e. The van der Waals surface area contributed by atoms with Crippen molar-refractivity contribution in [3.8, 4) is 0 Å². The summed E-state index contributed by atoms with van der Waals surface area (Å²) in [6.45, 7) is 0. The Kier molecular flexibility index (Phi) is 18.8. The van der Waals surface area contributed by atoms with Crippen molar-refractivity contribution >= 4 is 43.8 Å². The fraction of sp³-hybridized carbons (Fsp3) is 0. The van der Waals surface area contributed by atoms with Crippen molar-refractivity contribution in [2.45, 2.75) is 0 Å². The highest BCUT2D eigenvalue weighted by Crippen LogP contribution is 2.03. The maximum Gasteiger partial charge on any atom is 0.376 e. The Balaban J connectivity index is -0.000000125. The van der Waals surface area contributed by atoms with E-state index in [9.17, 15) is 14.4 Å². The van der Waals surface area contributed by atoms with Gasteiger partial charge in [-0.2, -0.15) is 23.8 Å². The molecule has 0 aromatic heterocycles. The molecule has 0 unspecified atom stereocenters. The molecular formula is C6H21N12O7P. The lowest BCUT2D eigenvalue weighted by Crippen LogP contribution is -2.57. The van der Waals surface area contributed by atoms with E-state index in [1.807, 2.05) is 16.0 Å². The number of phosphoric acid groups is 1. The summed E-state index contributed by atoms with van der Waals surface area (Å²) in [5, 5.41) is 20.1. The molecule has 0 saturated heterocycles. The van der Waals surface area contributed by atoms with E-state index < -0.39 is 25.9 Å². The summed E-state index contributed by atoms with van der Waals surface area (Å²) in [5.74, 6) is -0.562. The van der Waals surface area contributed by atoms with Gasteiger partial charge in [0.25, 0.3) is 0 Å². The van der Waals surface area contributed by atoms with E-state index in [4.69, 9.17) is 52.7 Å². The molecule has 0 spiro atoms. The first-order valence-corrected chi connectivity index (χ1v) is 6.90. The third-order valence-corrected chi connectivity index (χ3v) is 0.803. The van der Waals surface area contributed by atoms with Crippen molar-refractivity contribution in [1.82, 2.24) is 16.0 Å². The van der Waals surface area contributed by atoms with Crippen molar-refractivity contribution in [2.24, 2.45) is 34.4 Å². The second-order valence-corrected chi connectivity index (χ2v) is 4.18. The van der Waals surface area contributed by atoms with Crippen LogP contribution in [-0.2, 0) is 4.57 Å². The van der Waals surface area contributed by atoms with Crippen LogP contribution < -0.4 is 81.3 Å². The van der Waals surface area contributed by atoms with Gasteiger partial charge in [0, 0.05) is 0 Å². The van der Waals surface area contributed by atoms with Crippen LogP contribution in [0.2, 0.25) is 0 Å². The zero-order valence-corrected chi connectivity index (χ0v) is 13.9. The largest absolute Gasteiger partial charge is 0.822 e. The minimum absolute atomic E-state index is 0.187. The number of carbonyl (C=O) groups is 3. The highest BCUT2D eigenvalue weighted by molar-refractivity contribution is 7.40. The average Bonchev–Trinajstić information content (AvgIpc) is 2.20. The molecule has 0 atom stereocenters. The smallest absolute Gasteiger partial charge is 0.376 e. The molecule has 0 rings (SSSR count). The van der Waals surface area contributed by atoms with Crippen LogP contribution in [0.5, 0.6) is 0 Å². The molecule has 0 aliphatic heterocycles. The monoisotopic (exact) mass is 404 g/mol. The lowest BCUT2D eigenvalue weighted by atomic mass is 10.9. The van der Waals surface area contributed by atoms with Crippen LogP contribution in [0, 0.1) is 0 Å². The van der Waals surface area contributed by atoms with Crippen molar-refractivity contribution < 1.29 is 49.9 Å². The van der Waals surface area contributed by atoms with Crippen LogP contribution in [0.4, 0.5) is 14.4 Å². The van der Waals surface area contributed by atoms with Crippen LogP contribution in [0.3, 0.4) is 0 Å². The summed E-state index contributed by atoms with van der Waals surface area (Å²) in [6, 6.07) is -2.25. The first kappa shape index (κ1) is 30.2. The van der Waals surface area contributed by atoms with E-state index in [1.54, 1.807) is 0 Å². The molecule has 0 bridgehead atoms. The van der Waals surface area contributed by atoms with E-state index in [-0.39, 0.29) is 17.9 Å². The van der Waals surface area contributed by atoms with Gasteiger partial charge in [0.2, 0.25) is 0 Å².